The van der Waals surface area contributed by atoms with Gasteiger partial charge < -0.3 is 20.4 Å². The number of carbonyl (C=O) groups excluding carboxylic acids is 1. The van der Waals surface area contributed by atoms with E-state index in [0.29, 0.717) is 5.69 Å². The molecule has 0 spiro atoms. The van der Waals surface area contributed by atoms with Crippen LogP contribution in [0.15, 0.2) is 24.4 Å². The van der Waals surface area contributed by atoms with Crippen LogP contribution in [0.2, 0.25) is 0 Å². The van der Waals surface area contributed by atoms with Crippen molar-refractivity contribution >= 4 is 12.0 Å². The molecular weight excluding hydrogens is 250 g/mol. The summed E-state index contributed by atoms with van der Waals surface area (Å²) in [5.41, 5.74) is 0.684. The van der Waals surface area contributed by atoms with Gasteiger partial charge in [0.15, 0.2) is 6.04 Å². The Hall–Kier alpha value is -2.15. The zero-order valence-electron chi connectivity index (χ0n) is 10.8. The van der Waals surface area contributed by atoms with Gasteiger partial charge in [-0.1, -0.05) is 6.07 Å². The lowest BCUT2D eigenvalue weighted by molar-refractivity contribution is -0.141. The Morgan fingerprint density at radius 1 is 1.47 bits per heavy atom. The molecule has 0 fully saturated rings. The summed E-state index contributed by atoms with van der Waals surface area (Å²) in [6.07, 6.45) is 0.432. The number of carbonyl (C=O) groups is 2. The van der Waals surface area contributed by atoms with Crippen LogP contribution in [0.3, 0.4) is 0 Å². The molecule has 1 heterocycles. The molecule has 0 aromatic carbocycles. The zero-order valence-corrected chi connectivity index (χ0v) is 10.8. The maximum Gasteiger partial charge on any atom is 0.328 e. The SMILES string of the molecule is CC(O)C(NC(=O)N(C)Cc1ccccn1)C(=O)O. The molecule has 2 unspecified atom stereocenters. The third-order valence-corrected chi connectivity index (χ3v) is 2.50. The van der Waals surface area contributed by atoms with Crippen LogP contribution in [0.5, 0.6) is 0 Å². The first kappa shape index (κ1) is 14.9. The van der Waals surface area contributed by atoms with Crippen LogP contribution in [0.25, 0.3) is 0 Å². The van der Waals surface area contributed by atoms with Crippen molar-refractivity contribution in [2.24, 2.45) is 0 Å². The molecule has 0 saturated heterocycles. The van der Waals surface area contributed by atoms with Crippen molar-refractivity contribution in [1.29, 1.82) is 0 Å². The molecule has 0 bridgehead atoms. The second kappa shape index (κ2) is 6.69. The predicted molar refractivity (Wildman–Crippen MR) is 67.3 cm³/mol. The van der Waals surface area contributed by atoms with Crippen LogP contribution < -0.4 is 5.32 Å². The summed E-state index contributed by atoms with van der Waals surface area (Å²) >= 11 is 0. The number of rotatable bonds is 5. The van der Waals surface area contributed by atoms with Crippen LogP contribution in [0, 0.1) is 0 Å². The number of aliphatic hydroxyl groups is 1. The highest BCUT2D eigenvalue weighted by molar-refractivity contribution is 5.82. The number of urea groups is 1. The number of nitrogens with one attached hydrogen (secondary N) is 1. The molecule has 3 N–H and O–H groups in total. The van der Waals surface area contributed by atoms with E-state index >= 15 is 0 Å². The lowest BCUT2D eigenvalue weighted by Gasteiger charge is -2.22. The van der Waals surface area contributed by atoms with Gasteiger partial charge in [0.05, 0.1) is 18.3 Å². The summed E-state index contributed by atoms with van der Waals surface area (Å²) in [6, 6.07) is 3.40. The maximum absolute atomic E-state index is 11.8. The molecule has 0 saturated carbocycles. The van der Waals surface area contributed by atoms with Gasteiger partial charge >= 0.3 is 12.0 Å². The van der Waals surface area contributed by atoms with Crippen molar-refractivity contribution in [1.82, 2.24) is 15.2 Å². The molecule has 0 aliphatic rings. The number of carboxylic acid groups (broad SMARTS) is 1. The van der Waals surface area contributed by atoms with Crippen molar-refractivity contribution in [3.8, 4) is 0 Å². The highest BCUT2D eigenvalue weighted by atomic mass is 16.4. The van der Waals surface area contributed by atoms with Gasteiger partial charge in [0.2, 0.25) is 0 Å². The Morgan fingerprint density at radius 3 is 2.63 bits per heavy atom. The highest BCUT2D eigenvalue weighted by Gasteiger charge is 2.26. The smallest absolute Gasteiger partial charge is 0.328 e. The van der Waals surface area contributed by atoms with E-state index in [4.69, 9.17) is 5.11 Å². The Labute approximate surface area is 110 Å². The largest absolute Gasteiger partial charge is 0.480 e. The number of aromatic nitrogens is 1. The van der Waals surface area contributed by atoms with E-state index < -0.39 is 24.1 Å². The number of hydrogen-bond acceptors (Lipinski definition) is 4. The van der Waals surface area contributed by atoms with Crippen LogP contribution >= 0.6 is 0 Å². The molecule has 0 radical (unpaired) electrons. The second-order valence-corrected chi connectivity index (χ2v) is 4.18. The topological polar surface area (TPSA) is 103 Å². The predicted octanol–water partition coefficient (Wildman–Crippen LogP) is 0.0570. The minimum Gasteiger partial charge on any atom is -0.480 e. The summed E-state index contributed by atoms with van der Waals surface area (Å²) in [6.45, 7) is 1.55. The van der Waals surface area contributed by atoms with Crippen molar-refractivity contribution in [3.63, 3.8) is 0 Å². The number of amides is 2. The standard InChI is InChI=1S/C12H17N3O4/c1-8(16)10(11(17)18)14-12(19)15(2)7-9-5-3-4-6-13-9/h3-6,8,10,16H,7H2,1-2H3,(H,14,19)(H,17,18). The quantitative estimate of drug-likeness (QED) is 0.700. The number of carboxylic acids is 1. The van der Waals surface area contributed by atoms with Crippen LogP contribution in [0.4, 0.5) is 4.79 Å². The van der Waals surface area contributed by atoms with Crippen molar-refractivity contribution < 1.29 is 19.8 Å². The summed E-state index contributed by atoms with van der Waals surface area (Å²) in [7, 11) is 1.52. The van der Waals surface area contributed by atoms with Crippen LogP contribution in [-0.4, -0.2) is 51.3 Å². The fraction of sp³-hybridized carbons (Fsp3) is 0.417. The highest BCUT2D eigenvalue weighted by Crippen LogP contribution is 2.01. The van der Waals surface area contributed by atoms with Gasteiger partial charge in [-0.25, -0.2) is 9.59 Å². The minimum atomic E-state index is -1.33. The molecule has 7 nitrogen and oxygen atoms in total. The van der Waals surface area contributed by atoms with Gasteiger partial charge in [-0.2, -0.15) is 0 Å². The number of pyridine rings is 1. The first-order chi connectivity index (χ1) is 8.91. The first-order valence-corrected chi connectivity index (χ1v) is 5.74. The molecule has 7 heteroatoms. The van der Waals surface area contributed by atoms with E-state index in [1.54, 1.807) is 24.4 Å². The maximum atomic E-state index is 11.8. The zero-order chi connectivity index (χ0) is 14.4. The van der Waals surface area contributed by atoms with Gasteiger partial charge in [0.25, 0.3) is 0 Å². The fourth-order valence-corrected chi connectivity index (χ4v) is 1.44. The van der Waals surface area contributed by atoms with Gasteiger partial charge in [-0.15, -0.1) is 0 Å². The van der Waals surface area contributed by atoms with Crippen molar-refractivity contribution in [3.05, 3.63) is 30.1 Å². The van der Waals surface area contributed by atoms with Crippen molar-refractivity contribution in [2.75, 3.05) is 7.05 Å². The molecule has 19 heavy (non-hydrogen) atoms. The first-order valence-electron chi connectivity index (χ1n) is 5.74. The number of aliphatic carboxylic acids is 1. The van der Waals surface area contributed by atoms with Crippen LogP contribution in [0.1, 0.15) is 12.6 Å². The van der Waals surface area contributed by atoms with E-state index in [9.17, 15) is 14.7 Å². The summed E-state index contributed by atoms with van der Waals surface area (Å²) in [4.78, 5) is 28.0. The summed E-state index contributed by atoms with van der Waals surface area (Å²) in [5, 5.41) is 20.4. The molecule has 1 aromatic heterocycles. The third-order valence-electron chi connectivity index (χ3n) is 2.50. The normalized spacial score (nSPS) is 13.4. The average molecular weight is 267 g/mol. The Morgan fingerprint density at radius 2 is 2.16 bits per heavy atom. The summed E-state index contributed by atoms with van der Waals surface area (Å²) < 4.78 is 0. The van der Waals surface area contributed by atoms with Gasteiger partial charge in [-0.05, 0) is 19.1 Å². The molecule has 0 aliphatic carbocycles. The fourth-order valence-electron chi connectivity index (χ4n) is 1.44. The molecule has 1 aromatic rings. The van der Waals surface area contributed by atoms with E-state index in [-0.39, 0.29) is 6.54 Å². The van der Waals surface area contributed by atoms with Gasteiger partial charge in [0, 0.05) is 13.2 Å². The van der Waals surface area contributed by atoms with E-state index in [2.05, 4.69) is 10.3 Å². The second-order valence-electron chi connectivity index (χ2n) is 4.18. The third kappa shape index (κ3) is 4.55. The monoisotopic (exact) mass is 267 g/mol. The molecule has 1 rings (SSSR count). The lowest BCUT2D eigenvalue weighted by atomic mass is 10.2. The molecule has 2 atom stereocenters. The molecular formula is C12H17N3O4. The lowest BCUT2D eigenvalue weighted by Crippen LogP contribution is -2.51. The summed E-state index contributed by atoms with van der Waals surface area (Å²) in [5.74, 6) is -1.28. The molecule has 0 aliphatic heterocycles. The number of hydrogen-bond donors (Lipinski definition) is 3. The van der Waals surface area contributed by atoms with Gasteiger partial charge in [0.1, 0.15) is 0 Å². The van der Waals surface area contributed by atoms with E-state index in [1.807, 2.05) is 0 Å². The number of nitrogens with zero attached hydrogens (tertiary/aromatic N) is 2. The van der Waals surface area contributed by atoms with Gasteiger partial charge in [-0.3, -0.25) is 4.98 Å². The van der Waals surface area contributed by atoms with Crippen LogP contribution in [-0.2, 0) is 11.3 Å². The molecule has 2 amide bonds. The Kier molecular flexibility index (Phi) is 5.25. The Balaban J connectivity index is 2.60. The minimum absolute atomic E-state index is 0.249. The Bertz CT molecular complexity index is 436. The van der Waals surface area contributed by atoms with E-state index in [0.717, 1.165) is 0 Å². The molecule has 104 valence electrons. The average Bonchev–Trinajstić information content (AvgIpc) is 2.35. The van der Waals surface area contributed by atoms with Crippen molar-refractivity contribution in [2.45, 2.75) is 25.6 Å². The number of aliphatic hydroxyl groups excluding tert-OH is 1. The van der Waals surface area contributed by atoms with E-state index in [1.165, 1.54) is 18.9 Å².